The number of carbonyl (C=O) groups excluding carboxylic acids is 1. The number of benzene rings is 2. The van der Waals surface area contributed by atoms with Crippen molar-refractivity contribution in [2.24, 2.45) is 0 Å². The molecule has 5 nitrogen and oxygen atoms in total. The van der Waals surface area contributed by atoms with Gasteiger partial charge in [0.2, 0.25) is 0 Å². The fraction of sp³-hybridized carbons (Fsp3) is 0.231. The smallest absolute Gasteiger partial charge is 0.146 e. The maximum Gasteiger partial charge on any atom is 0.146 e. The molecule has 32 heavy (non-hydrogen) atoms. The number of aldehydes is 1. The van der Waals surface area contributed by atoms with Crippen LogP contribution in [0.3, 0.4) is 0 Å². The van der Waals surface area contributed by atoms with Gasteiger partial charge in [-0.1, -0.05) is 41.9 Å². The van der Waals surface area contributed by atoms with Crippen LogP contribution in [-0.4, -0.2) is 24.4 Å². The zero-order valence-electron chi connectivity index (χ0n) is 17.6. The SMILES string of the molecule is O=CC1NC=Cc2cc(-c3ccccc3Cl)nc(Nc3ccc(C4CCNCC4)cc3)c21. The summed E-state index contributed by atoms with van der Waals surface area (Å²) in [6.07, 6.45) is 7.00. The second-order valence-electron chi connectivity index (χ2n) is 8.22. The number of halogens is 1. The Bertz CT molecular complexity index is 1150. The molecule has 0 amide bonds. The predicted octanol–water partition coefficient (Wildman–Crippen LogP) is 5.43. The maximum atomic E-state index is 11.8. The standard InChI is InChI=1S/C26H25ClN4O/c27-22-4-2-1-3-21(22)23-15-19-11-14-29-24(16-32)25(19)26(31-23)30-20-7-5-17(6-8-20)18-9-12-28-13-10-18/h1-8,11,14-16,18,24,28-29H,9-10,12-13H2,(H,30,31). The number of aromatic nitrogens is 1. The zero-order valence-corrected chi connectivity index (χ0v) is 18.4. The topological polar surface area (TPSA) is 66.0 Å². The zero-order chi connectivity index (χ0) is 21.9. The summed E-state index contributed by atoms with van der Waals surface area (Å²) >= 11 is 6.45. The Morgan fingerprint density at radius 2 is 1.84 bits per heavy atom. The van der Waals surface area contributed by atoms with E-state index in [9.17, 15) is 4.79 Å². The van der Waals surface area contributed by atoms with Crippen molar-refractivity contribution >= 4 is 35.5 Å². The van der Waals surface area contributed by atoms with Gasteiger partial charge in [-0.3, -0.25) is 0 Å². The molecule has 0 saturated carbocycles. The van der Waals surface area contributed by atoms with E-state index in [1.54, 1.807) is 6.20 Å². The monoisotopic (exact) mass is 444 g/mol. The van der Waals surface area contributed by atoms with Crippen LogP contribution in [0.1, 0.15) is 41.5 Å². The van der Waals surface area contributed by atoms with E-state index < -0.39 is 6.04 Å². The second-order valence-corrected chi connectivity index (χ2v) is 8.63. The fourth-order valence-corrected chi connectivity index (χ4v) is 4.74. The highest BCUT2D eigenvalue weighted by Gasteiger charge is 2.23. The summed E-state index contributed by atoms with van der Waals surface area (Å²) in [5.41, 5.74) is 5.70. The highest BCUT2D eigenvalue weighted by atomic mass is 35.5. The van der Waals surface area contributed by atoms with E-state index in [4.69, 9.17) is 16.6 Å². The molecule has 0 spiro atoms. The molecular formula is C26H25ClN4O. The van der Waals surface area contributed by atoms with Gasteiger partial charge in [0, 0.05) is 21.8 Å². The van der Waals surface area contributed by atoms with Gasteiger partial charge in [0.05, 0.1) is 5.69 Å². The third-order valence-electron chi connectivity index (χ3n) is 6.21. The first-order valence-electron chi connectivity index (χ1n) is 11.0. The van der Waals surface area contributed by atoms with Crippen LogP contribution < -0.4 is 16.0 Å². The lowest BCUT2D eigenvalue weighted by molar-refractivity contribution is -0.109. The molecule has 2 aliphatic heterocycles. The van der Waals surface area contributed by atoms with Crippen molar-refractivity contribution in [2.45, 2.75) is 24.8 Å². The number of nitrogens with one attached hydrogen (secondary N) is 3. The number of fused-ring (bicyclic) bond motifs is 1. The first-order chi connectivity index (χ1) is 15.7. The van der Waals surface area contributed by atoms with Crippen LogP contribution in [0, 0.1) is 0 Å². The summed E-state index contributed by atoms with van der Waals surface area (Å²) in [4.78, 5) is 16.7. The van der Waals surface area contributed by atoms with Gasteiger partial charge < -0.3 is 20.7 Å². The molecule has 3 heterocycles. The molecule has 1 atom stereocenters. The Labute approximate surface area is 192 Å². The lowest BCUT2D eigenvalue weighted by Crippen LogP contribution is -2.26. The summed E-state index contributed by atoms with van der Waals surface area (Å²) in [6.45, 7) is 2.15. The molecule has 0 radical (unpaired) electrons. The van der Waals surface area contributed by atoms with Gasteiger partial charge in [0.25, 0.3) is 0 Å². The number of hydrogen-bond acceptors (Lipinski definition) is 5. The number of carbonyl (C=O) groups is 1. The van der Waals surface area contributed by atoms with Crippen LogP contribution in [0.25, 0.3) is 17.3 Å². The van der Waals surface area contributed by atoms with Gasteiger partial charge in [-0.05, 0) is 79.5 Å². The van der Waals surface area contributed by atoms with Crippen LogP contribution >= 0.6 is 11.6 Å². The van der Waals surface area contributed by atoms with Gasteiger partial charge >= 0.3 is 0 Å². The average Bonchev–Trinajstić information content (AvgIpc) is 2.85. The van der Waals surface area contributed by atoms with Gasteiger partial charge in [0.1, 0.15) is 18.1 Å². The molecule has 1 fully saturated rings. The molecule has 6 heteroatoms. The van der Waals surface area contributed by atoms with Crippen molar-refractivity contribution in [3.05, 3.63) is 82.5 Å². The first kappa shape index (κ1) is 20.7. The van der Waals surface area contributed by atoms with Gasteiger partial charge in [-0.25, -0.2) is 4.98 Å². The van der Waals surface area contributed by atoms with E-state index in [0.717, 1.165) is 47.4 Å². The highest BCUT2D eigenvalue weighted by Crippen LogP contribution is 2.36. The van der Waals surface area contributed by atoms with Crippen LogP contribution in [0.2, 0.25) is 5.02 Å². The van der Waals surface area contributed by atoms with E-state index >= 15 is 0 Å². The van der Waals surface area contributed by atoms with E-state index in [2.05, 4.69) is 40.2 Å². The maximum absolute atomic E-state index is 11.8. The van der Waals surface area contributed by atoms with Gasteiger partial charge in [0.15, 0.2) is 0 Å². The number of hydrogen-bond donors (Lipinski definition) is 3. The Kier molecular flexibility index (Phi) is 5.93. The van der Waals surface area contributed by atoms with Crippen molar-refractivity contribution in [1.82, 2.24) is 15.6 Å². The normalized spacial score (nSPS) is 18.0. The summed E-state index contributed by atoms with van der Waals surface area (Å²) in [7, 11) is 0. The molecule has 0 bridgehead atoms. The molecule has 3 aromatic rings. The van der Waals surface area contributed by atoms with E-state index in [1.807, 2.05) is 36.4 Å². The first-order valence-corrected chi connectivity index (χ1v) is 11.4. The number of piperidine rings is 1. The number of pyridine rings is 1. The molecule has 2 aromatic carbocycles. The molecule has 1 unspecified atom stereocenters. The summed E-state index contributed by atoms with van der Waals surface area (Å²) in [6, 6.07) is 17.8. The van der Waals surface area contributed by atoms with Crippen molar-refractivity contribution in [3.8, 4) is 11.3 Å². The Balaban J connectivity index is 1.52. The Morgan fingerprint density at radius 3 is 2.59 bits per heavy atom. The van der Waals surface area contributed by atoms with E-state index in [0.29, 0.717) is 16.8 Å². The van der Waals surface area contributed by atoms with Crippen molar-refractivity contribution in [1.29, 1.82) is 0 Å². The summed E-state index contributed by atoms with van der Waals surface area (Å²) in [5, 5.41) is 10.6. The largest absolute Gasteiger partial charge is 0.378 e. The molecule has 0 aliphatic carbocycles. The van der Waals surface area contributed by atoms with Crippen LogP contribution in [0.4, 0.5) is 11.5 Å². The van der Waals surface area contributed by atoms with Crippen molar-refractivity contribution < 1.29 is 4.79 Å². The summed E-state index contributed by atoms with van der Waals surface area (Å²) in [5.74, 6) is 1.26. The quantitative estimate of drug-likeness (QED) is 0.458. The molecule has 1 aromatic heterocycles. The third kappa shape index (κ3) is 4.14. The van der Waals surface area contributed by atoms with Crippen LogP contribution in [0.15, 0.2) is 60.8 Å². The molecular weight excluding hydrogens is 420 g/mol. The minimum Gasteiger partial charge on any atom is -0.378 e. The molecule has 162 valence electrons. The number of rotatable bonds is 5. The molecule has 1 saturated heterocycles. The minimum absolute atomic E-state index is 0.459. The Morgan fingerprint density at radius 1 is 1.06 bits per heavy atom. The Hall–Kier alpha value is -3.15. The molecule has 5 rings (SSSR count). The average molecular weight is 445 g/mol. The van der Waals surface area contributed by atoms with Gasteiger partial charge in [-0.2, -0.15) is 0 Å². The van der Waals surface area contributed by atoms with Crippen LogP contribution in [-0.2, 0) is 4.79 Å². The number of anilines is 2. The third-order valence-corrected chi connectivity index (χ3v) is 6.54. The van der Waals surface area contributed by atoms with Gasteiger partial charge in [-0.15, -0.1) is 0 Å². The lowest BCUT2D eigenvalue weighted by atomic mass is 9.90. The molecule has 3 N–H and O–H groups in total. The van der Waals surface area contributed by atoms with E-state index in [1.165, 1.54) is 18.4 Å². The summed E-state index contributed by atoms with van der Waals surface area (Å²) < 4.78 is 0. The van der Waals surface area contributed by atoms with Crippen LogP contribution in [0.5, 0.6) is 0 Å². The van der Waals surface area contributed by atoms with Crippen molar-refractivity contribution in [3.63, 3.8) is 0 Å². The van der Waals surface area contributed by atoms with E-state index in [-0.39, 0.29) is 0 Å². The highest BCUT2D eigenvalue weighted by molar-refractivity contribution is 6.33. The minimum atomic E-state index is -0.459. The number of nitrogens with zero attached hydrogens (tertiary/aromatic N) is 1. The second kappa shape index (κ2) is 9.15. The van der Waals surface area contributed by atoms with Crippen molar-refractivity contribution in [2.75, 3.05) is 18.4 Å². The predicted molar refractivity (Wildman–Crippen MR) is 130 cm³/mol. The fourth-order valence-electron chi connectivity index (χ4n) is 4.50. The molecule has 2 aliphatic rings. The lowest BCUT2D eigenvalue weighted by Gasteiger charge is -2.24.